The maximum absolute atomic E-state index is 11.9. The van der Waals surface area contributed by atoms with E-state index in [9.17, 15) is 19.7 Å². The summed E-state index contributed by atoms with van der Waals surface area (Å²) in [5.41, 5.74) is 5.42. The highest BCUT2D eigenvalue weighted by Crippen LogP contribution is 2.22. The molecular formula is C15H21N3O5. The van der Waals surface area contributed by atoms with Crippen LogP contribution in [0.25, 0.3) is 0 Å². The molecule has 1 rings (SSSR count). The lowest BCUT2D eigenvalue weighted by molar-refractivity contribution is -0.383. The second-order valence-corrected chi connectivity index (χ2v) is 5.20. The van der Waals surface area contributed by atoms with E-state index in [4.69, 9.17) is 10.8 Å². The molecule has 0 bridgehead atoms. The number of benzene rings is 1. The van der Waals surface area contributed by atoms with E-state index in [1.165, 1.54) is 12.1 Å². The molecule has 0 aliphatic heterocycles. The van der Waals surface area contributed by atoms with E-state index in [0.29, 0.717) is 13.0 Å². The predicted octanol–water partition coefficient (Wildman–Crippen LogP) is 2.33. The maximum Gasteiger partial charge on any atom is 0.303 e. The zero-order valence-corrected chi connectivity index (χ0v) is 12.8. The summed E-state index contributed by atoms with van der Waals surface area (Å²) in [4.78, 5) is 32.4. The van der Waals surface area contributed by atoms with Gasteiger partial charge in [0.2, 0.25) is 0 Å². The van der Waals surface area contributed by atoms with Gasteiger partial charge in [0.05, 0.1) is 4.92 Å². The quantitative estimate of drug-likeness (QED) is 0.262. The van der Waals surface area contributed by atoms with Gasteiger partial charge in [-0.15, -0.1) is 0 Å². The summed E-state index contributed by atoms with van der Waals surface area (Å²) in [5.74, 6) is -1.16. The summed E-state index contributed by atoms with van der Waals surface area (Å²) < 4.78 is 0. The maximum atomic E-state index is 11.9. The number of carbonyl (C=O) groups is 2. The van der Waals surface area contributed by atoms with Crippen molar-refractivity contribution in [3.8, 4) is 0 Å². The molecule has 1 amide bonds. The van der Waals surface area contributed by atoms with Crippen molar-refractivity contribution >= 4 is 23.3 Å². The van der Waals surface area contributed by atoms with Crippen LogP contribution in [0.15, 0.2) is 18.2 Å². The number of hydrogen-bond acceptors (Lipinski definition) is 5. The Bertz CT molecular complexity index is 574. The van der Waals surface area contributed by atoms with E-state index < -0.39 is 10.9 Å². The number of anilines is 1. The van der Waals surface area contributed by atoms with Crippen LogP contribution in [0, 0.1) is 10.1 Å². The Balaban J connectivity index is 2.28. The van der Waals surface area contributed by atoms with Crippen LogP contribution in [0.5, 0.6) is 0 Å². The molecule has 0 aliphatic rings. The first-order valence-electron chi connectivity index (χ1n) is 7.45. The van der Waals surface area contributed by atoms with Crippen LogP contribution in [-0.2, 0) is 4.79 Å². The van der Waals surface area contributed by atoms with Crippen molar-refractivity contribution in [2.75, 3.05) is 12.3 Å². The Morgan fingerprint density at radius 2 is 1.83 bits per heavy atom. The number of carbonyl (C=O) groups excluding carboxylic acids is 1. The number of nitrogens with one attached hydrogen (secondary N) is 1. The van der Waals surface area contributed by atoms with Crippen LogP contribution in [0.2, 0.25) is 0 Å². The number of rotatable bonds is 10. The molecular weight excluding hydrogens is 302 g/mol. The largest absolute Gasteiger partial charge is 0.481 e. The summed E-state index contributed by atoms with van der Waals surface area (Å²) in [5, 5.41) is 22.0. The van der Waals surface area contributed by atoms with Crippen molar-refractivity contribution in [2.24, 2.45) is 0 Å². The molecule has 23 heavy (non-hydrogen) atoms. The minimum absolute atomic E-state index is 0.0212. The topological polar surface area (TPSA) is 136 Å². The van der Waals surface area contributed by atoms with Gasteiger partial charge in [0.15, 0.2) is 0 Å². The monoisotopic (exact) mass is 323 g/mol. The van der Waals surface area contributed by atoms with Crippen LogP contribution >= 0.6 is 0 Å². The Labute approximate surface area is 133 Å². The third-order valence-corrected chi connectivity index (χ3v) is 3.34. The molecule has 126 valence electrons. The minimum Gasteiger partial charge on any atom is -0.481 e. The fourth-order valence-electron chi connectivity index (χ4n) is 2.08. The SMILES string of the molecule is Nc1ccc(C(=O)NCCCCCCCC(=O)O)cc1[N+](=O)[O-]. The van der Waals surface area contributed by atoms with Crippen LogP contribution in [-0.4, -0.2) is 28.5 Å². The van der Waals surface area contributed by atoms with Crippen LogP contribution in [0.1, 0.15) is 48.9 Å². The molecule has 1 aromatic carbocycles. The lowest BCUT2D eigenvalue weighted by Gasteiger charge is -2.06. The van der Waals surface area contributed by atoms with Crippen LogP contribution in [0.4, 0.5) is 11.4 Å². The Kier molecular flexibility index (Phi) is 7.52. The molecule has 8 heteroatoms. The number of nitrogen functional groups attached to an aromatic ring is 1. The fraction of sp³-hybridized carbons (Fsp3) is 0.467. The highest BCUT2D eigenvalue weighted by molar-refractivity contribution is 5.95. The molecule has 4 N–H and O–H groups in total. The van der Waals surface area contributed by atoms with Crippen LogP contribution in [0.3, 0.4) is 0 Å². The van der Waals surface area contributed by atoms with Gasteiger partial charge in [-0.05, 0) is 25.0 Å². The minimum atomic E-state index is -0.783. The Morgan fingerprint density at radius 3 is 2.48 bits per heavy atom. The van der Waals surface area contributed by atoms with E-state index in [1.807, 2.05) is 0 Å². The first-order chi connectivity index (χ1) is 10.9. The second-order valence-electron chi connectivity index (χ2n) is 5.20. The summed E-state index contributed by atoms with van der Waals surface area (Å²) >= 11 is 0. The van der Waals surface area contributed by atoms with Crippen molar-refractivity contribution in [2.45, 2.75) is 38.5 Å². The molecule has 0 aliphatic carbocycles. The van der Waals surface area contributed by atoms with Gasteiger partial charge in [0.1, 0.15) is 5.69 Å². The third-order valence-electron chi connectivity index (χ3n) is 3.34. The lowest BCUT2D eigenvalue weighted by atomic mass is 10.1. The van der Waals surface area contributed by atoms with Crippen LogP contribution < -0.4 is 11.1 Å². The number of nitrogens with two attached hydrogens (primary N) is 1. The van der Waals surface area contributed by atoms with E-state index in [-0.39, 0.29) is 29.3 Å². The van der Waals surface area contributed by atoms with E-state index in [1.54, 1.807) is 0 Å². The number of unbranched alkanes of at least 4 members (excludes halogenated alkanes) is 4. The number of carboxylic acids is 1. The van der Waals surface area contributed by atoms with Crippen molar-refractivity contribution in [3.05, 3.63) is 33.9 Å². The summed E-state index contributed by atoms with van der Waals surface area (Å²) in [6.07, 6.45) is 4.28. The zero-order chi connectivity index (χ0) is 17.2. The van der Waals surface area contributed by atoms with Crippen molar-refractivity contribution in [1.82, 2.24) is 5.32 Å². The highest BCUT2D eigenvalue weighted by atomic mass is 16.6. The zero-order valence-electron chi connectivity index (χ0n) is 12.8. The summed E-state index contributed by atoms with van der Waals surface area (Å²) in [6, 6.07) is 3.95. The van der Waals surface area contributed by atoms with Gasteiger partial charge in [-0.2, -0.15) is 0 Å². The van der Waals surface area contributed by atoms with Crippen molar-refractivity contribution in [3.63, 3.8) is 0 Å². The normalized spacial score (nSPS) is 10.3. The number of aliphatic carboxylic acids is 1. The standard InChI is InChI=1S/C15H21N3O5/c16-12-8-7-11(10-13(12)18(22)23)15(21)17-9-5-3-1-2-4-6-14(19)20/h7-8,10H,1-6,9,16H2,(H,17,21)(H,19,20). The highest BCUT2D eigenvalue weighted by Gasteiger charge is 2.15. The van der Waals surface area contributed by atoms with E-state index in [2.05, 4.69) is 5.32 Å². The first kappa shape index (κ1) is 18.4. The average molecular weight is 323 g/mol. The number of nitro groups is 1. The number of amides is 1. The fourth-order valence-corrected chi connectivity index (χ4v) is 2.08. The number of carboxylic acid groups (broad SMARTS) is 1. The molecule has 0 heterocycles. The smallest absolute Gasteiger partial charge is 0.303 e. The van der Waals surface area contributed by atoms with Crippen molar-refractivity contribution < 1.29 is 19.6 Å². The predicted molar refractivity (Wildman–Crippen MR) is 85.2 cm³/mol. The second kappa shape index (κ2) is 9.39. The molecule has 0 aromatic heterocycles. The molecule has 0 unspecified atom stereocenters. The molecule has 8 nitrogen and oxygen atoms in total. The number of nitrogens with zero attached hydrogens (tertiary/aromatic N) is 1. The van der Waals surface area contributed by atoms with Gasteiger partial charge in [-0.25, -0.2) is 0 Å². The van der Waals surface area contributed by atoms with Gasteiger partial charge >= 0.3 is 5.97 Å². The van der Waals surface area contributed by atoms with Gasteiger partial charge in [-0.3, -0.25) is 19.7 Å². The molecule has 0 atom stereocenters. The van der Waals surface area contributed by atoms with E-state index in [0.717, 1.165) is 31.7 Å². The van der Waals surface area contributed by atoms with Gasteiger partial charge < -0.3 is 16.2 Å². The Hall–Kier alpha value is -2.64. The molecule has 1 aromatic rings. The lowest BCUT2D eigenvalue weighted by Crippen LogP contribution is -2.24. The molecule has 0 radical (unpaired) electrons. The summed E-state index contributed by atoms with van der Waals surface area (Å²) in [6.45, 7) is 0.468. The van der Waals surface area contributed by atoms with Gasteiger partial charge in [0, 0.05) is 24.6 Å². The molecule has 0 fully saturated rings. The van der Waals surface area contributed by atoms with Gasteiger partial charge in [0.25, 0.3) is 11.6 Å². The van der Waals surface area contributed by atoms with E-state index >= 15 is 0 Å². The average Bonchev–Trinajstić information content (AvgIpc) is 2.49. The van der Waals surface area contributed by atoms with Gasteiger partial charge in [-0.1, -0.05) is 19.3 Å². The number of nitro benzene ring substituents is 1. The molecule has 0 saturated carbocycles. The first-order valence-corrected chi connectivity index (χ1v) is 7.45. The summed E-state index contributed by atoms with van der Waals surface area (Å²) in [7, 11) is 0. The molecule has 0 spiro atoms. The number of hydrogen-bond donors (Lipinski definition) is 3. The Morgan fingerprint density at radius 1 is 1.17 bits per heavy atom. The van der Waals surface area contributed by atoms with Crippen molar-refractivity contribution in [1.29, 1.82) is 0 Å². The third kappa shape index (κ3) is 6.77. The molecule has 0 saturated heterocycles.